The molecule has 0 bridgehead atoms. The van der Waals surface area contributed by atoms with Crippen LogP contribution in [0.4, 0.5) is 5.69 Å². The van der Waals surface area contributed by atoms with Gasteiger partial charge >= 0.3 is 0 Å². The molecule has 0 saturated heterocycles. The van der Waals surface area contributed by atoms with Crippen molar-refractivity contribution in [3.8, 4) is 0 Å². The lowest BCUT2D eigenvalue weighted by Crippen LogP contribution is -2.27. The molecule has 0 heterocycles. The van der Waals surface area contributed by atoms with Gasteiger partial charge in [0.05, 0.1) is 6.61 Å². The minimum atomic E-state index is 0.690. The molecule has 0 aromatic heterocycles. The molecule has 3 nitrogen and oxygen atoms in total. The summed E-state index contributed by atoms with van der Waals surface area (Å²) in [6.45, 7) is 11.5. The van der Waals surface area contributed by atoms with Crippen molar-refractivity contribution in [2.24, 2.45) is 5.92 Å². The molecule has 0 aliphatic heterocycles. The van der Waals surface area contributed by atoms with Gasteiger partial charge in [-0.2, -0.15) is 0 Å². The van der Waals surface area contributed by atoms with Gasteiger partial charge in [0, 0.05) is 39.0 Å². The molecule has 3 heteroatoms. The van der Waals surface area contributed by atoms with E-state index in [1.807, 2.05) is 0 Å². The van der Waals surface area contributed by atoms with Crippen LogP contribution in [0.2, 0.25) is 0 Å². The van der Waals surface area contributed by atoms with Crippen LogP contribution < -0.4 is 10.2 Å². The van der Waals surface area contributed by atoms with Crippen LogP contribution in [0, 0.1) is 5.92 Å². The summed E-state index contributed by atoms with van der Waals surface area (Å²) in [6, 6.07) is 8.86. The largest absolute Gasteiger partial charge is 0.383 e. The van der Waals surface area contributed by atoms with Crippen LogP contribution in [0.25, 0.3) is 0 Å². The van der Waals surface area contributed by atoms with Gasteiger partial charge in [0.15, 0.2) is 0 Å². The zero-order valence-corrected chi connectivity index (χ0v) is 12.8. The molecule has 108 valence electrons. The van der Waals surface area contributed by atoms with E-state index in [2.05, 4.69) is 55.3 Å². The third kappa shape index (κ3) is 6.08. The molecule has 0 amide bonds. The lowest BCUT2D eigenvalue weighted by atomic mass is 10.1. The smallest absolute Gasteiger partial charge is 0.0587 e. The monoisotopic (exact) mass is 264 g/mol. The summed E-state index contributed by atoms with van der Waals surface area (Å²) in [5.41, 5.74) is 2.64. The molecule has 0 saturated carbocycles. The zero-order valence-electron chi connectivity index (χ0n) is 12.8. The van der Waals surface area contributed by atoms with Crippen LogP contribution in [0.3, 0.4) is 0 Å². The van der Waals surface area contributed by atoms with Crippen molar-refractivity contribution in [2.75, 3.05) is 38.3 Å². The summed E-state index contributed by atoms with van der Waals surface area (Å²) in [5, 5.41) is 3.36. The Labute approximate surface area is 118 Å². The van der Waals surface area contributed by atoms with Gasteiger partial charge < -0.3 is 15.0 Å². The van der Waals surface area contributed by atoms with E-state index in [4.69, 9.17) is 4.74 Å². The lowest BCUT2D eigenvalue weighted by molar-refractivity contribution is 0.199. The Morgan fingerprint density at radius 2 is 1.89 bits per heavy atom. The molecule has 1 rings (SSSR count). The topological polar surface area (TPSA) is 24.5 Å². The van der Waals surface area contributed by atoms with E-state index >= 15 is 0 Å². The van der Waals surface area contributed by atoms with Gasteiger partial charge in [0.2, 0.25) is 0 Å². The molecule has 0 unspecified atom stereocenters. The van der Waals surface area contributed by atoms with Crippen LogP contribution >= 0.6 is 0 Å². The van der Waals surface area contributed by atoms with Crippen LogP contribution in [-0.4, -0.2) is 33.4 Å². The molecular weight excluding hydrogens is 236 g/mol. The number of nitrogens with one attached hydrogen (secondary N) is 1. The molecular formula is C16H28N2O. The number of nitrogens with zero attached hydrogens (tertiary/aromatic N) is 1. The fourth-order valence-corrected chi connectivity index (χ4v) is 2.09. The third-order valence-corrected chi connectivity index (χ3v) is 3.08. The molecule has 1 aromatic carbocycles. The number of hydrogen-bond donors (Lipinski definition) is 1. The van der Waals surface area contributed by atoms with E-state index < -0.39 is 0 Å². The molecule has 0 spiro atoms. The minimum absolute atomic E-state index is 0.690. The van der Waals surface area contributed by atoms with Crippen molar-refractivity contribution in [3.63, 3.8) is 0 Å². The Morgan fingerprint density at radius 1 is 1.21 bits per heavy atom. The van der Waals surface area contributed by atoms with Gasteiger partial charge in [-0.1, -0.05) is 26.0 Å². The average molecular weight is 264 g/mol. The second-order valence-electron chi connectivity index (χ2n) is 5.27. The first kappa shape index (κ1) is 16.0. The van der Waals surface area contributed by atoms with E-state index in [0.29, 0.717) is 5.92 Å². The maximum atomic E-state index is 5.01. The highest BCUT2D eigenvalue weighted by atomic mass is 16.5. The SMILES string of the molecule is CCN(CC(C)C)c1ccc(CNCCOC)cc1. The van der Waals surface area contributed by atoms with E-state index in [9.17, 15) is 0 Å². The van der Waals surface area contributed by atoms with Crippen LogP contribution in [0.1, 0.15) is 26.3 Å². The predicted molar refractivity (Wildman–Crippen MR) is 82.7 cm³/mol. The highest BCUT2D eigenvalue weighted by Gasteiger charge is 2.06. The van der Waals surface area contributed by atoms with Crippen LogP contribution in [0.5, 0.6) is 0 Å². The van der Waals surface area contributed by atoms with Crippen molar-refractivity contribution >= 4 is 5.69 Å². The lowest BCUT2D eigenvalue weighted by Gasteiger charge is -2.25. The first-order chi connectivity index (χ1) is 9.17. The van der Waals surface area contributed by atoms with E-state index in [1.54, 1.807) is 7.11 Å². The normalized spacial score (nSPS) is 11.0. The molecule has 0 aliphatic rings. The Bertz CT molecular complexity index is 335. The van der Waals surface area contributed by atoms with Gasteiger partial charge in [-0.25, -0.2) is 0 Å². The zero-order chi connectivity index (χ0) is 14.1. The van der Waals surface area contributed by atoms with Crippen molar-refractivity contribution in [3.05, 3.63) is 29.8 Å². The summed E-state index contributed by atoms with van der Waals surface area (Å²) in [6.07, 6.45) is 0. The number of methoxy groups -OCH3 is 1. The van der Waals surface area contributed by atoms with Crippen molar-refractivity contribution in [2.45, 2.75) is 27.3 Å². The summed E-state index contributed by atoms with van der Waals surface area (Å²) in [4.78, 5) is 2.42. The fourth-order valence-electron chi connectivity index (χ4n) is 2.09. The molecule has 0 fully saturated rings. The number of ether oxygens (including phenoxy) is 1. The summed E-state index contributed by atoms with van der Waals surface area (Å²) < 4.78 is 5.01. The highest BCUT2D eigenvalue weighted by molar-refractivity contribution is 5.47. The Hall–Kier alpha value is -1.06. The second-order valence-corrected chi connectivity index (χ2v) is 5.27. The Kier molecular flexibility index (Phi) is 7.53. The summed E-state index contributed by atoms with van der Waals surface area (Å²) >= 11 is 0. The Morgan fingerprint density at radius 3 is 2.42 bits per heavy atom. The number of anilines is 1. The van der Waals surface area contributed by atoms with E-state index in [1.165, 1.54) is 11.3 Å². The van der Waals surface area contributed by atoms with Crippen molar-refractivity contribution in [1.82, 2.24) is 5.32 Å². The molecule has 0 atom stereocenters. The van der Waals surface area contributed by atoms with Gasteiger partial charge in [-0.15, -0.1) is 0 Å². The van der Waals surface area contributed by atoms with Gasteiger partial charge in [-0.3, -0.25) is 0 Å². The molecule has 0 radical (unpaired) electrons. The number of benzene rings is 1. The maximum Gasteiger partial charge on any atom is 0.0587 e. The van der Waals surface area contributed by atoms with Crippen molar-refractivity contribution in [1.29, 1.82) is 0 Å². The molecule has 1 N–H and O–H groups in total. The number of rotatable bonds is 9. The average Bonchev–Trinajstić information content (AvgIpc) is 2.41. The second kappa shape index (κ2) is 8.94. The fraction of sp³-hybridized carbons (Fsp3) is 0.625. The highest BCUT2D eigenvalue weighted by Crippen LogP contribution is 2.16. The molecule has 19 heavy (non-hydrogen) atoms. The van der Waals surface area contributed by atoms with E-state index in [-0.39, 0.29) is 0 Å². The minimum Gasteiger partial charge on any atom is -0.383 e. The molecule has 0 aliphatic carbocycles. The first-order valence-corrected chi connectivity index (χ1v) is 7.21. The summed E-state index contributed by atoms with van der Waals surface area (Å²) in [5.74, 6) is 0.690. The Balaban J connectivity index is 2.49. The third-order valence-electron chi connectivity index (χ3n) is 3.08. The number of hydrogen-bond acceptors (Lipinski definition) is 3. The van der Waals surface area contributed by atoms with Crippen LogP contribution in [0.15, 0.2) is 24.3 Å². The van der Waals surface area contributed by atoms with Gasteiger partial charge in [-0.05, 0) is 30.5 Å². The predicted octanol–water partition coefficient (Wildman–Crippen LogP) is 2.90. The van der Waals surface area contributed by atoms with Gasteiger partial charge in [0.1, 0.15) is 0 Å². The molecule has 1 aromatic rings. The van der Waals surface area contributed by atoms with Gasteiger partial charge in [0.25, 0.3) is 0 Å². The summed E-state index contributed by atoms with van der Waals surface area (Å²) in [7, 11) is 1.73. The maximum absolute atomic E-state index is 5.01. The standard InChI is InChI=1S/C16H28N2O/c1-5-18(13-14(2)3)16-8-6-15(7-9-16)12-17-10-11-19-4/h6-9,14,17H,5,10-13H2,1-4H3. The quantitative estimate of drug-likeness (QED) is 0.694. The van der Waals surface area contributed by atoms with Crippen LogP contribution in [-0.2, 0) is 11.3 Å². The van der Waals surface area contributed by atoms with Crippen molar-refractivity contribution < 1.29 is 4.74 Å². The van der Waals surface area contributed by atoms with E-state index in [0.717, 1.165) is 32.8 Å². The first-order valence-electron chi connectivity index (χ1n) is 7.21.